The number of nitrogens with two attached hydrogens (primary N) is 1. The van der Waals surface area contributed by atoms with Gasteiger partial charge in [-0.2, -0.15) is 0 Å². The minimum Gasteiger partial charge on any atom is -0.327 e. The van der Waals surface area contributed by atoms with E-state index in [1.54, 1.807) is 11.1 Å². The van der Waals surface area contributed by atoms with Crippen LogP contribution in [-0.2, 0) is 11.8 Å². The summed E-state index contributed by atoms with van der Waals surface area (Å²) in [5.74, 6) is 0. The molecule has 1 nitrogen and oxygen atoms in total. The quantitative estimate of drug-likeness (QED) is 0.637. The van der Waals surface area contributed by atoms with Crippen LogP contribution in [0.5, 0.6) is 0 Å². The largest absolute Gasteiger partial charge is 0.327 e. The second-order valence-electron chi connectivity index (χ2n) is 4.63. The third kappa shape index (κ3) is 0.856. The van der Waals surface area contributed by atoms with Crippen LogP contribution in [0.15, 0.2) is 18.2 Å². The normalized spacial score (nSPS) is 35.1. The minimum absolute atomic E-state index is 0.404. The van der Waals surface area contributed by atoms with Gasteiger partial charge in [0.05, 0.1) is 0 Å². The van der Waals surface area contributed by atoms with Gasteiger partial charge in [-0.25, -0.2) is 0 Å². The van der Waals surface area contributed by atoms with E-state index in [0.717, 1.165) is 0 Å². The average molecular weight is 173 g/mol. The highest BCUT2D eigenvalue weighted by Gasteiger charge is 2.55. The first-order chi connectivity index (χ1) is 6.22. The van der Waals surface area contributed by atoms with Crippen molar-refractivity contribution >= 4 is 0 Å². The van der Waals surface area contributed by atoms with Gasteiger partial charge in [-0.15, -0.1) is 0 Å². The lowest BCUT2D eigenvalue weighted by Gasteiger charge is -2.09. The first-order valence-corrected chi connectivity index (χ1v) is 5.08. The molecule has 2 aliphatic carbocycles. The molecular weight excluding hydrogens is 158 g/mol. The number of hydrogen-bond donors (Lipinski definition) is 1. The van der Waals surface area contributed by atoms with Crippen LogP contribution < -0.4 is 5.73 Å². The van der Waals surface area contributed by atoms with Crippen LogP contribution in [0.2, 0.25) is 0 Å². The maximum atomic E-state index is 6.03. The molecule has 1 heteroatoms. The Hall–Kier alpha value is -0.820. The van der Waals surface area contributed by atoms with Crippen LogP contribution in [0, 0.1) is 6.92 Å². The van der Waals surface area contributed by atoms with Crippen molar-refractivity contribution in [1.82, 2.24) is 0 Å². The molecule has 2 N–H and O–H groups in total. The Morgan fingerprint density at radius 2 is 2.23 bits per heavy atom. The standard InChI is InChI=1S/C12H15N/c1-8-2-3-9-4-5-12(7-11(12)13)10(9)6-8/h2-3,6,11H,4-5,7,13H2,1H3. The van der Waals surface area contributed by atoms with E-state index >= 15 is 0 Å². The zero-order valence-corrected chi connectivity index (χ0v) is 8.01. The van der Waals surface area contributed by atoms with Gasteiger partial charge in [-0.3, -0.25) is 0 Å². The lowest BCUT2D eigenvalue weighted by atomic mass is 9.96. The molecule has 0 saturated heterocycles. The summed E-state index contributed by atoms with van der Waals surface area (Å²) in [6, 6.07) is 7.28. The van der Waals surface area contributed by atoms with E-state index in [1.807, 2.05) is 0 Å². The third-order valence-corrected chi connectivity index (χ3v) is 3.78. The number of benzene rings is 1. The van der Waals surface area contributed by atoms with Gasteiger partial charge in [0, 0.05) is 11.5 Å². The molecule has 1 aromatic rings. The SMILES string of the molecule is Cc1ccc2c(c1)C1(CC2)CC1N. The lowest BCUT2D eigenvalue weighted by molar-refractivity contribution is 0.650. The van der Waals surface area contributed by atoms with Crippen molar-refractivity contribution in [3.8, 4) is 0 Å². The molecule has 0 radical (unpaired) electrons. The van der Waals surface area contributed by atoms with E-state index in [4.69, 9.17) is 5.73 Å². The summed E-state index contributed by atoms with van der Waals surface area (Å²) in [5.41, 5.74) is 10.9. The Bertz CT molecular complexity index is 369. The van der Waals surface area contributed by atoms with Crippen molar-refractivity contribution in [1.29, 1.82) is 0 Å². The number of rotatable bonds is 0. The molecule has 0 amide bonds. The highest BCUT2D eigenvalue weighted by atomic mass is 14.8. The zero-order chi connectivity index (χ0) is 9.05. The van der Waals surface area contributed by atoms with Gasteiger partial charge in [0.2, 0.25) is 0 Å². The maximum Gasteiger partial charge on any atom is 0.0146 e. The van der Waals surface area contributed by atoms with E-state index < -0.39 is 0 Å². The van der Waals surface area contributed by atoms with Crippen molar-refractivity contribution in [2.45, 2.75) is 37.6 Å². The van der Waals surface area contributed by atoms with Crippen LogP contribution in [0.4, 0.5) is 0 Å². The molecule has 2 unspecified atom stereocenters. The number of hydrogen-bond acceptors (Lipinski definition) is 1. The van der Waals surface area contributed by atoms with Crippen LogP contribution in [-0.4, -0.2) is 6.04 Å². The van der Waals surface area contributed by atoms with E-state index in [2.05, 4.69) is 25.1 Å². The van der Waals surface area contributed by atoms with E-state index in [1.165, 1.54) is 24.8 Å². The van der Waals surface area contributed by atoms with Crippen LogP contribution in [0.1, 0.15) is 29.5 Å². The lowest BCUT2D eigenvalue weighted by Crippen LogP contribution is -2.15. The predicted octanol–water partition coefficient (Wildman–Crippen LogP) is 1.91. The minimum atomic E-state index is 0.404. The monoisotopic (exact) mass is 173 g/mol. The first-order valence-electron chi connectivity index (χ1n) is 5.08. The maximum absolute atomic E-state index is 6.03. The Labute approximate surface area is 78.9 Å². The summed E-state index contributed by atoms with van der Waals surface area (Å²) in [5, 5.41) is 0. The molecule has 2 aliphatic rings. The molecular formula is C12H15N. The van der Waals surface area contributed by atoms with Gasteiger partial charge in [0.1, 0.15) is 0 Å². The highest BCUT2D eigenvalue weighted by molar-refractivity contribution is 5.48. The number of aryl methyl sites for hydroxylation is 2. The van der Waals surface area contributed by atoms with E-state index in [9.17, 15) is 0 Å². The van der Waals surface area contributed by atoms with Gasteiger partial charge in [-0.05, 0) is 37.3 Å². The third-order valence-electron chi connectivity index (χ3n) is 3.78. The second-order valence-corrected chi connectivity index (χ2v) is 4.63. The van der Waals surface area contributed by atoms with Crippen LogP contribution in [0.3, 0.4) is 0 Å². The highest BCUT2D eigenvalue weighted by Crippen LogP contribution is 2.55. The Balaban J connectivity index is 2.15. The second kappa shape index (κ2) is 2.16. The number of fused-ring (bicyclic) bond motifs is 2. The summed E-state index contributed by atoms with van der Waals surface area (Å²) in [6.07, 6.45) is 3.74. The molecule has 13 heavy (non-hydrogen) atoms. The smallest absolute Gasteiger partial charge is 0.0146 e. The van der Waals surface area contributed by atoms with Gasteiger partial charge in [0.25, 0.3) is 0 Å². The molecule has 1 fully saturated rings. The summed E-state index contributed by atoms with van der Waals surface area (Å²) in [6.45, 7) is 2.17. The van der Waals surface area contributed by atoms with Gasteiger partial charge >= 0.3 is 0 Å². The average Bonchev–Trinajstić information content (AvgIpc) is 2.61. The first kappa shape index (κ1) is 7.57. The molecule has 0 heterocycles. The van der Waals surface area contributed by atoms with E-state index in [0.29, 0.717) is 11.5 Å². The van der Waals surface area contributed by atoms with Crippen molar-refractivity contribution < 1.29 is 0 Å². The molecule has 2 atom stereocenters. The Kier molecular flexibility index (Phi) is 1.26. The molecule has 1 spiro atoms. The fourth-order valence-corrected chi connectivity index (χ4v) is 2.79. The van der Waals surface area contributed by atoms with Crippen molar-refractivity contribution in [3.63, 3.8) is 0 Å². The zero-order valence-electron chi connectivity index (χ0n) is 8.01. The van der Waals surface area contributed by atoms with Crippen LogP contribution >= 0.6 is 0 Å². The van der Waals surface area contributed by atoms with E-state index in [-0.39, 0.29) is 0 Å². The molecule has 0 aromatic heterocycles. The topological polar surface area (TPSA) is 26.0 Å². The fraction of sp³-hybridized carbons (Fsp3) is 0.500. The Morgan fingerprint density at radius 3 is 2.92 bits per heavy atom. The fourth-order valence-electron chi connectivity index (χ4n) is 2.79. The van der Waals surface area contributed by atoms with Crippen molar-refractivity contribution in [2.24, 2.45) is 5.73 Å². The van der Waals surface area contributed by atoms with Crippen molar-refractivity contribution in [3.05, 3.63) is 34.9 Å². The molecule has 0 aliphatic heterocycles. The summed E-state index contributed by atoms with van der Waals surface area (Å²) in [7, 11) is 0. The van der Waals surface area contributed by atoms with Crippen LogP contribution in [0.25, 0.3) is 0 Å². The molecule has 0 bridgehead atoms. The van der Waals surface area contributed by atoms with Crippen molar-refractivity contribution in [2.75, 3.05) is 0 Å². The predicted molar refractivity (Wildman–Crippen MR) is 53.8 cm³/mol. The Morgan fingerprint density at radius 1 is 1.46 bits per heavy atom. The molecule has 1 aromatic carbocycles. The molecule has 1 saturated carbocycles. The van der Waals surface area contributed by atoms with Gasteiger partial charge < -0.3 is 5.73 Å². The van der Waals surface area contributed by atoms with Gasteiger partial charge in [-0.1, -0.05) is 23.8 Å². The summed E-state index contributed by atoms with van der Waals surface area (Å²) >= 11 is 0. The molecule has 68 valence electrons. The van der Waals surface area contributed by atoms with Gasteiger partial charge in [0.15, 0.2) is 0 Å². The molecule has 3 rings (SSSR count). The summed E-state index contributed by atoms with van der Waals surface area (Å²) in [4.78, 5) is 0. The summed E-state index contributed by atoms with van der Waals surface area (Å²) < 4.78 is 0.